The zero-order chi connectivity index (χ0) is 14.5. The number of nitrogens with zero attached hydrogens (tertiary/aromatic N) is 3. The number of hydrogen-bond acceptors (Lipinski definition) is 6. The van der Waals surface area contributed by atoms with E-state index >= 15 is 0 Å². The van der Waals surface area contributed by atoms with Crippen molar-refractivity contribution >= 4 is 17.7 Å². The van der Waals surface area contributed by atoms with Gasteiger partial charge in [0.15, 0.2) is 11.6 Å². The molecule has 0 aliphatic heterocycles. The third-order valence-electron chi connectivity index (χ3n) is 2.15. The summed E-state index contributed by atoms with van der Waals surface area (Å²) in [5, 5.41) is 0.259. The van der Waals surface area contributed by atoms with Gasteiger partial charge >= 0.3 is 6.01 Å². The van der Waals surface area contributed by atoms with Crippen LogP contribution in [0.25, 0.3) is 0 Å². The molecule has 0 atom stereocenters. The molecule has 106 valence electrons. The maximum absolute atomic E-state index is 13.1. The summed E-state index contributed by atoms with van der Waals surface area (Å²) >= 11 is 1.04. The fourth-order valence-corrected chi connectivity index (χ4v) is 2.07. The van der Waals surface area contributed by atoms with Gasteiger partial charge in [-0.3, -0.25) is 0 Å². The van der Waals surface area contributed by atoms with Crippen LogP contribution in [0.3, 0.4) is 0 Å². The van der Waals surface area contributed by atoms with Crippen molar-refractivity contribution in [3.05, 3.63) is 29.8 Å². The lowest BCUT2D eigenvalue weighted by molar-refractivity contribution is 0.288. The van der Waals surface area contributed by atoms with E-state index in [1.54, 1.807) is 0 Å². The first kappa shape index (κ1) is 14.4. The van der Waals surface area contributed by atoms with Gasteiger partial charge in [0.2, 0.25) is 11.1 Å². The van der Waals surface area contributed by atoms with Crippen LogP contribution in [0.5, 0.6) is 6.01 Å². The van der Waals surface area contributed by atoms with Gasteiger partial charge in [-0.1, -0.05) is 6.92 Å². The summed E-state index contributed by atoms with van der Waals surface area (Å²) in [5.41, 5.74) is 5.55. The van der Waals surface area contributed by atoms with E-state index in [1.165, 1.54) is 6.07 Å². The van der Waals surface area contributed by atoms with Gasteiger partial charge in [-0.05, 0) is 36.4 Å². The summed E-state index contributed by atoms with van der Waals surface area (Å²) in [7, 11) is 0. The van der Waals surface area contributed by atoms with E-state index in [2.05, 4.69) is 15.0 Å². The molecule has 2 rings (SSSR count). The molecular weight excluding hydrogens is 286 g/mol. The highest BCUT2D eigenvalue weighted by Gasteiger charge is 2.09. The van der Waals surface area contributed by atoms with Crippen LogP contribution in [0.15, 0.2) is 28.3 Å². The van der Waals surface area contributed by atoms with Gasteiger partial charge in [0, 0.05) is 4.90 Å². The Bertz CT molecular complexity index is 612. The fourth-order valence-electron chi connectivity index (χ4n) is 1.30. The average Bonchev–Trinajstić information content (AvgIpc) is 2.40. The molecular formula is C12H12F2N4OS. The van der Waals surface area contributed by atoms with Crippen molar-refractivity contribution in [3.63, 3.8) is 0 Å². The van der Waals surface area contributed by atoms with Gasteiger partial charge in [0.1, 0.15) is 0 Å². The molecule has 0 amide bonds. The number of nitrogen functional groups attached to an aromatic ring is 1. The average molecular weight is 298 g/mol. The second-order valence-electron chi connectivity index (χ2n) is 3.79. The summed E-state index contributed by atoms with van der Waals surface area (Å²) in [6.45, 7) is 2.40. The molecule has 0 bridgehead atoms. The molecule has 0 fully saturated rings. The lowest BCUT2D eigenvalue weighted by Crippen LogP contribution is -2.05. The van der Waals surface area contributed by atoms with Gasteiger partial charge in [-0.25, -0.2) is 8.78 Å². The molecule has 0 radical (unpaired) electrons. The summed E-state index contributed by atoms with van der Waals surface area (Å²) < 4.78 is 31.2. The Kier molecular flexibility index (Phi) is 4.67. The van der Waals surface area contributed by atoms with Crippen molar-refractivity contribution in [2.24, 2.45) is 0 Å². The maximum Gasteiger partial charge on any atom is 0.322 e. The van der Waals surface area contributed by atoms with Crippen molar-refractivity contribution in [2.75, 3.05) is 12.3 Å². The first-order valence-corrected chi connectivity index (χ1v) is 6.67. The molecule has 5 nitrogen and oxygen atoms in total. The minimum Gasteiger partial charge on any atom is -0.463 e. The molecule has 0 saturated heterocycles. The van der Waals surface area contributed by atoms with Crippen molar-refractivity contribution in [1.82, 2.24) is 15.0 Å². The van der Waals surface area contributed by atoms with Gasteiger partial charge < -0.3 is 10.5 Å². The van der Waals surface area contributed by atoms with Crippen LogP contribution in [0.2, 0.25) is 0 Å². The monoisotopic (exact) mass is 298 g/mol. The molecule has 0 spiro atoms. The first-order chi connectivity index (χ1) is 9.58. The highest BCUT2D eigenvalue weighted by atomic mass is 32.2. The second-order valence-corrected chi connectivity index (χ2v) is 4.83. The minimum atomic E-state index is -0.931. The molecule has 0 aliphatic carbocycles. The second kappa shape index (κ2) is 6.47. The van der Waals surface area contributed by atoms with E-state index in [0.717, 1.165) is 30.3 Å². The third-order valence-corrected chi connectivity index (χ3v) is 3.00. The van der Waals surface area contributed by atoms with Crippen LogP contribution in [-0.2, 0) is 0 Å². The van der Waals surface area contributed by atoms with E-state index in [0.29, 0.717) is 11.5 Å². The maximum atomic E-state index is 13.1. The van der Waals surface area contributed by atoms with Gasteiger partial charge in [0.25, 0.3) is 0 Å². The summed E-state index contributed by atoms with van der Waals surface area (Å²) in [6.07, 6.45) is 0.803. The number of rotatable bonds is 5. The smallest absolute Gasteiger partial charge is 0.322 e. The van der Waals surface area contributed by atoms with Crippen LogP contribution in [-0.4, -0.2) is 21.6 Å². The van der Waals surface area contributed by atoms with Crippen molar-refractivity contribution in [1.29, 1.82) is 0 Å². The number of aromatic nitrogens is 3. The molecule has 8 heteroatoms. The van der Waals surface area contributed by atoms with Crippen LogP contribution >= 0.6 is 11.8 Å². The predicted octanol–water partition coefficient (Wildman–Crippen LogP) is 2.67. The Labute approximate surface area is 118 Å². The first-order valence-electron chi connectivity index (χ1n) is 5.85. The molecule has 0 unspecified atom stereocenters. The molecule has 2 aromatic rings. The van der Waals surface area contributed by atoms with Crippen LogP contribution < -0.4 is 10.5 Å². The highest BCUT2D eigenvalue weighted by molar-refractivity contribution is 7.99. The van der Waals surface area contributed by atoms with Crippen molar-refractivity contribution in [3.8, 4) is 6.01 Å². The third kappa shape index (κ3) is 3.77. The van der Waals surface area contributed by atoms with E-state index in [1.807, 2.05) is 6.92 Å². The van der Waals surface area contributed by atoms with Crippen LogP contribution in [0, 0.1) is 11.6 Å². The number of hydrogen-bond donors (Lipinski definition) is 1. The van der Waals surface area contributed by atoms with E-state index in [4.69, 9.17) is 10.5 Å². The molecule has 20 heavy (non-hydrogen) atoms. The number of benzene rings is 1. The quantitative estimate of drug-likeness (QED) is 0.914. The zero-order valence-electron chi connectivity index (χ0n) is 10.6. The molecule has 0 saturated carbocycles. The standard InChI is InChI=1S/C12H12F2N4OS/c1-2-5-19-11-16-10(15)17-12(18-11)20-7-3-4-8(13)9(14)6-7/h3-4,6H,2,5H2,1H3,(H2,15,16,17,18). The molecule has 1 heterocycles. The Balaban J connectivity index is 2.19. The Morgan fingerprint density at radius 3 is 2.70 bits per heavy atom. The minimum absolute atomic E-state index is 0.0104. The SMILES string of the molecule is CCCOc1nc(N)nc(Sc2ccc(F)c(F)c2)n1. The largest absolute Gasteiger partial charge is 0.463 e. The van der Waals surface area contributed by atoms with Crippen molar-refractivity contribution in [2.45, 2.75) is 23.4 Å². The molecule has 0 aliphatic rings. The van der Waals surface area contributed by atoms with E-state index in [9.17, 15) is 8.78 Å². The van der Waals surface area contributed by atoms with Gasteiger partial charge in [0.05, 0.1) is 6.61 Å². The van der Waals surface area contributed by atoms with Crippen LogP contribution in [0.1, 0.15) is 13.3 Å². The molecule has 1 aromatic carbocycles. The molecule has 2 N–H and O–H groups in total. The summed E-state index contributed by atoms with van der Waals surface area (Å²) in [4.78, 5) is 12.2. The topological polar surface area (TPSA) is 73.9 Å². The predicted molar refractivity (Wildman–Crippen MR) is 70.5 cm³/mol. The van der Waals surface area contributed by atoms with Crippen LogP contribution in [0.4, 0.5) is 14.7 Å². The number of ether oxygens (including phenoxy) is 1. The van der Waals surface area contributed by atoms with Gasteiger partial charge in [-0.15, -0.1) is 0 Å². The molecule has 1 aromatic heterocycles. The van der Waals surface area contributed by atoms with E-state index in [-0.39, 0.29) is 17.1 Å². The highest BCUT2D eigenvalue weighted by Crippen LogP contribution is 2.27. The number of nitrogens with two attached hydrogens (primary N) is 1. The summed E-state index contributed by atoms with van der Waals surface area (Å²) in [5.74, 6) is -1.83. The lowest BCUT2D eigenvalue weighted by atomic mass is 10.3. The Morgan fingerprint density at radius 2 is 2.00 bits per heavy atom. The Hall–Kier alpha value is -1.96. The number of anilines is 1. The van der Waals surface area contributed by atoms with E-state index < -0.39 is 11.6 Å². The summed E-state index contributed by atoms with van der Waals surface area (Å²) in [6, 6.07) is 3.64. The Morgan fingerprint density at radius 1 is 1.20 bits per heavy atom. The number of halogens is 2. The van der Waals surface area contributed by atoms with Gasteiger partial charge in [-0.2, -0.15) is 15.0 Å². The fraction of sp³-hybridized carbons (Fsp3) is 0.250. The van der Waals surface area contributed by atoms with Crippen molar-refractivity contribution < 1.29 is 13.5 Å². The zero-order valence-corrected chi connectivity index (χ0v) is 11.5. The normalized spacial score (nSPS) is 10.6. The lowest BCUT2D eigenvalue weighted by Gasteiger charge is -2.05.